The predicted molar refractivity (Wildman–Crippen MR) is 60.6 cm³/mol. The molecule has 4 nitrogen and oxygen atoms in total. The Kier molecular flexibility index (Phi) is 3.96. The maximum absolute atomic E-state index is 11.6. The topological polar surface area (TPSA) is 47.6 Å². The lowest BCUT2D eigenvalue weighted by molar-refractivity contribution is 0.0956. The Hall–Kier alpha value is -1.23. The van der Waals surface area contributed by atoms with Gasteiger partial charge in [0.25, 0.3) is 5.91 Å². The number of halogens is 1. The zero-order valence-electron chi connectivity index (χ0n) is 8.76. The molecule has 1 aromatic carbocycles. The van der Waals surface area contributed by atoms with Crippen LogP contribution < -0.4 is 14.8 Å². The van der Waals surface area contributed by atoms with Crippen LogP contribution in [0.25, 0.3) is 0 Å². The zero-order chi connectivity index (χ0) is 11.4. The smallest absolute Gasteiger partial charge is 0.258 e. The molecule has 0 atom stereocenters. The number of rotatable bonds is 3. The summed E-state index contributed by atoms with van der Waals surface area (Å²) < 4.78 is 11.0. The van der Waals surface area contributed by atoms with Crippen LogP contribution in [0.3, 0.4) is 0 Å². The molecule has 0 aliphatic rings. The van der Waals surface area contributed by atoms with Crippen molar-refractivity contribution in [1.82, 2.24) is 5.32 Å². The van der Waals surface area contributed by atoms with Crippen LogP contribution in [0.1, 0.15) is 10.4 Å². The van der Waals surface area contributed by atoms with Crippen molar-refractivity contribution in [1.29, 1.82) is 0 Å². The van der Waals surface area contributed by atoms with Crippen molar-refractivity contribution < 1.29 is 14.3 Å². The lowest BCUT2D eigenvalue weighted by Gasteiger charge is -2.13. The number of methoxy groups -OCH3 is 2. The molecule has 0 saturated carbocycles. The summed E-state index contributed by atoms with van der Waals surface area (Å²) in [4.78, 5) is 11.6. The Morgan fingerprint density at radius 1 is 1.33 bits per heavy atom. The van der Waals surface area contributed by atoms with E-state index in [9.17, 15) is 4.79 Å². The summed E-state index contributed by atoms with van der Waals surface area (Å²) in [6.07, 6.45) is 0. The normalized spacial score (nSPS) is 9.60. The lowest BCUT2D eigenvalue weighted by Crippen LogP contribution is -2.19. The van der Waals surface area contributed by atoms with E-state index in [4.69, 9.17) is 9.47 Å². The van der Waals surface area contributed by atoms with E-state index in [1.54, 1.807) is 19.2 Å². The first-order valence-electron chi connectivity index (χ1n) is 4.28. The van der Waals surface area contributed by atoms with Crippen molar-refractivity contribution >= 4 is 21.8 Å². The molecule has 0 aliphatic heterocycles. The van der Waals surface area contributed by atoms with Gasteiger partial charge in [-0.1, -0.05) is 0 Å². The molecule has 0 unspecified atom stereocenters. The highest BCUT2D eigenvalue weighted by atomic mass is 79.9. The Morgan fingerprint density at radius 2 is 2.00 bits per heavy atom. The summed E-state index contributed by atoms with van der Waals surface area (Å²) in [5.41, 5.74) is 0.386. The fraction of sp³-hybridized carbons (Fsp3) is 0.300. The Balaban J connectivity index is 3.40. The molecule has 0 heterocycles. The summed E-state index contributed by atoms with van der Waals surface area (Å²) in [6.45, 7) is 0. The number of benzene rings is 1. The summed E-state index contributed by atoms with van der Waals surface area (Å²) in [7, 11) is 4.57. The van der Waals surface area contributed by atoms with Gasteiger partial charge in [0.05, 0.1) is 18.7 Å². The molecule has 0 radical (unpaired) electrons. The second-order valence-corrected chi connectivity index (χ2v) is 3.59. The number of carbonyl (C=O) groups excluding carboxylic acids is 1. The molecule has 0 fully saturated rings. The average Bonchev–Trinajstić information content (AvgIpc) is 2.27. The summed E-state index contributed by atoms with van der Waals surface area (Å²) in [5.74, 6) is 0.702. The quantitative estimate of drug-likeness (QED) is 0.914. The van der Waals surface area contributed by atoms with Crippen molar-refractivity contribution in [3.63, 3.8) is 0 Å². The summed E-state index contributed by atoms with van der Waals surface area (Å²) in [6, 6.07) is 3.47. The average molecular weight is 274 g/mol. The van der Waals surface area contributed by atoms with E-state index in [1.807, 2.05) is 0 Å². The largest absolute Gasteiger partial charge is 0.496 e. The van der Waals surface area contributed by atoms with E-state index in [0.29, 0.717) is 21.5 Å². The molecule has 0 spiro atoms. The van der Waals surface area contributed by atoms with Crippen molar-refractivity contribution in [2.75, 3.05) is 21.3 Å². The fourth-order valence-electron chi connectivity index (χ4n) is 1.25. The first kappa shape index (κ1) is 11.8. The van der Waals surface area contributed by atoms with Gasteiger partial charge < -0.3 is 14.8 Å². The van der Waals surface area contributed by atoms with Gasteiger partial charge in [-0.2, -0.15) is 0 Å². The minimum absolute atomic E-state index is 0.245. The molecule has 5 heteroatoms. The van der Waals surface area contributed by atoms with Crippen molar-refractivity contribution in [3.8, 4) is 11.5 Å². The molecule has 1 amide bonds. The van der Waals surface area contributed by atoms with Crippen LogP contribution >= 0.6 is 15.9 Å². The lowest BCUT2D eigenvalue weighted by atomic mass is 10.1. The van der Waals surface area contributed by atoms with Gasteiger partial charge in [0.2, 0.25) is 0 Å². The number of ether oxygens (including phenoxy) is 2. The number of carbonyl (C=O) groups is 1. The van der Waals surface area contributed by atoms with Crippen molar-refractivity contribution in [2.24, 2.45) is 0 Å². The van der Waals surface area contributed by atoms with E-state index in [0.717, 1.165) is 0 Å². The molecule has 0 bridgehead atoms. The van der Waals surface area contributed by atoms with Crippen LogP contribution in [-0.2, 0) is 0 Å². The maximum Gasteiger partial charge on any atom is 0.258 e. The van der Waals surface area contributed by atoms with Gasteiger partial charge in [0, 0.05) is 7.05 Å². The number of hydrogen-bond donors (Lipinski definition) is 1. The Bertz CT molecular complexity index is 379. The molecule has 0 aromatic heterocycles. The molecular weight excluding hydrogens is 262 g/mol. The second-order valence-electron chi connectivity index (χ2n) is 2.74. The van der Waals surface area contributed by atoms with E-state index < -0.39 is 0 Å². The number of nitrogens with one attached hydrogen (secondary N) is 1. The van der Waals surface area contributed by atoms with E-state index in [-0.39, 0.29) is 5.91 Å². The Morgan fingerprint density at radius 3 is 2.47 bits per heavy atom. The molecule has 1 aromatic rings. The molecule has 1 rings (SSSR count). The molecule has 0 aliphatic carbocycles. The standard InChI is InChI=1S/C10H12BrNO3/c1-12-10(13)8-7(14-2)5-4-6(11)9(8)15-3/h4-5H,1-3H3,(H,12,13). The third-order valence-corrected chi connectivity index (χ3v) is 2.57. The van der Waals surface area contributed by atoms with Gasteiger partial charge >= 0.3 is 0 Å². The van der Waals surface area contributed by atoms with Crippen LogP contribution in [0.15, 0.2) is 16.6 Å². The molecule has 1 N–H and O–H groups in total. The zero-order valence-corrected chi connectivity index (χ0v) is 10.3. The Labute approximate surface area is 96.7 Å². The minimum atomic E-state index is -0.245. The third-order valence-electron chi connectivity index (χ3n) is 1.95. The van der Waals surface area contributed by atoms with Gasteiger partial charge in [-0.05, 0) is 28.1 Å². The first-order valence-corrected chi connectivity index (χ1v) is 5.07. The molecule has 82 valence electrons. The first-order chi connectivity index (χ1) is 7.15. The van der Waals surface area contributed by atoms with Crippen LogP contribution in [0.4, 0.5) is 0 Å². The van der Waals surface area contributed by atoms with Crippen LogP contribution in [-0.4, -0.2) is 27.2 Å². The van der Waals surface area contributed by atoms with Crippen molar-refractivity contribution in [3.05, 3.63) is 22.2 Å². The van der Waals surface area contributed by atoms with E-state index in [1.165, 1.54) is 14.2 Å². The van der Waals surface area contributed by atoms with Gasteiger partial charge in [-0.15, -0.1) is 0 Å². The molecule has 0 saturated heterocycles. The molecule has 15 heavy (non-hydrogen) atoms. The van der Waals surface area contributed by atoms with Gasteiger partial charge in [0.15, 0.2) is 0 Å². The van der Waals surface area contributed by atoms with Gasteiger partial charge in [-0.25, -0.2) is 0 Å². The van der Waals surface area contributed by atoms with Gasteiger partial charge in [-0.3, -0.25) is 4.79 Å². The number of amides is 1. The van der Waals surface area contributed by atoms with Crippen molar-refractivity contribution in [2.45, 2.75) is 0 Å². The SMILES string of the molecule is CNC(=O)c1c(OC)ccc(Br)c1OC. The highest BCUT2D eigenvalue weighted by Gasteiger charge is 2.19. The predicted octanol–water partition coefficient (Wildman–Crippen LogP) is 1.83. The summed E-state index contributed by atoms with van der Waals surface area (Å²) in [5, 5.41) is 2.54. The monoisotopic (exact) mass is 273 g/mol. The van der Waals surface area contributed by atoms with E-state index in [2.05, 4.69) is 21.2 Å². The fourth-order valence-corrected chi connectivity index (χ4v) is 1.74. The summed E-state index contributed by atoms with van der Waals surface area (Å²) >= 11 is 3.31. The highest BCUT2D eigenvalue weighted by molar-refractivity contribution is 9.10. The minimum Gasteiger partial charge on any atom is -0.496 e. The maximum atomic E-state index is 11.6. The highest BCUT2D eigenvalue weighted by Crippen LogP contribution is 2.35. The number of hydrogen-bond acceptors (Lipinski definition) is 3. The van der Waals surface area contributed by atoms with Crippen LogP contribution in [0, 0.1) is 0 Å². The van der Waals surface area contributed by atoms with Crippen LogP contribution in [0.2, 0.25) is 0 Å². The molecular formula is C10H12BrNO3. The second kappa shape index (κ2) is 5.02. The third kappa shape index (κ3) is 2.23. The van der Waals surface area contributed by atoms with Gasteiger partial charge in [0.1, 0.15) is 17.1 Å². The van der Waals surface area contributed by atoms with Crippen LogP contribution in [0.5, 0.6) is 11.5 Å². The van der Waals surface area contributed by atoms with E-state index >= 15 is 0 Å².